The molecular formula is C49H32N6. The first kappa shape index (κ1) is 30.1. The van der Waals surface area contributed by atoms with Crippen LogP contribution in [-0.4, -0.2) is 30.2 Å². The Morgan fingerprint density at radius 3 is 1.69 bits per heavy atom. The highest BCUT2D eigenvalue weighted by Crippen LogP contribution is 2.41. The van der Waals surface area contributed by atoms with Gasteiger partial charge in [-0.15, -0.1) is 0 Å². The van der Waals surface area contributed by atoms with E-state index in [-0.39, 0.29) is 0 Å². The summed E-state index contributed by atoms with van der Waals surface area (Å²) < 4.78 is 7.11. The van der Waals surface area contributed by atoms with Gasteiger partial charge in [0.15, 0.2) is 5.82 Å². The summed E-state index contributed by atoms with van der Waals surface area (Å²) in [5.41, 5.74) is 11.6. The first-order valence-corrected chi connectivity index (χ1v) is 18.7. The fourth-order valence-electron chi connectivity index (χ4n) is 8.84. The van der Waals surface area contributed by atoms with E-state index >= 15 is 0 Å². The van der Waals surface area contributed by atoms with Crippen LogP contribution in [0.25, 0.3) is 105 Å². The van der Waals surface area contributed by atoms with Crippen LogP contribution in [0.4, 0.5) is 0 Å². The fraction of sp³-hybridized carbons (Fsp3) is 0.0204. The monoisotopic (exact) mass is 704 g/mol. The van der Waals surface area contributed by atoms with Gasteiger partial charge in [0.2, 0.25) is 0 Å². The normalized spacial score (nSPS) is 13.2. The number of rotatable bonds is 4. The van der Waals surface area contributed by atoms with Crippen molar-refractivity contribution in [2.24, 2.45) is 0 Å². The Morgan fingerprint density at radius 2 is 1.00 bits per heavy atom. The summed E-state index contributed by atoms with van der Waals surface area (Å²) in [6, 6.07) is 56.4. The van der Waals surface area contributed by atoms with Crippen LogP contribution in [0.5, 0.6) is 0 Å². The lowest BCUT2D eigenvalue weighted by atomic mass is 10.1. The topological polar surface area (TPSA) is 52.6 Å². The molecule has 258 valence electrons. The van der Waals surface area contributed by atoms with Crippen LogP contribution in [0.3, 0.4) is 0 Å². The van der Waals surface area contributed by atoms with Gasteiger partial charge in [-0.25, -0.2) is 9.97 Å². The van der Waals surface area contributed by atoms with Crippen LogP contribution in [0.1, 0.15) is 0 Å². The van der Waals surface area contributed by atoms with Crippen molar-refractivity contribution in [2.75, 3.05) is 6.54 Å². The number of hydrogen-bond acceptors (Lipinski definition) is 3. The van der Waals surface area contributed by atoms with Crippen molar-refractivity contribution in [1.29, 1.82) is 0 Å². The first-order valence-electron chi connectivity index (χ1n) is 18.7. The van der Waals surface area contributed by atoms with Crippen molar-refractivity contribution in [3.63, 3.8) is 0 Å². The highest BCUT2D eigenvalue weighted by atomic mass is 15.1. The summed E-state index contributed by atoms with van der Waals surface area (Å²) in [4.78, 5) is 10.5. The van der Waals surface area contributed by atoms with E-state index in [4.69, 9.17) is 9.97 Å². The Balaban J connectivity index is 1.15. The number of dihydropyridines is 1. The van der Waals surface area contributed by atoms with Crippen LogP contribution in [0.15, 0.2) is 176 Å². The van der Waals surface area contributed by atoms with Crippen molar-refractivity contribution >= 4 is 82.3 Å². The molecular weight excluding hydrogens is 673 g/mol. The van der Waals surface area contributed by atoms with E-state index in [2.05, 4.69) is 165 Å². The molecule has 6 heteroatoms. The molecule has 0 aliphatic carbocycles. The van der Waals surface area contributed by atoms with Gasteiger partial charge in [0.25, 0.3) is 0 Å². The standard InChI is InChI=1S/C49H32N6/c1-2-14-31(15-3-1)48-49(52-40-20-8-7-19-39(40)51-48)55-43-23-11-6-16-33(43)36-28-32(25-26-44(36)55)53-41-21-9-4-17-34(41)37-29-38-35-18-5-10-22-42(35)54(46(38)30-45(37)53)47-24-12-13-27-50-47/h1-26,28-30,50H,27H2. The molecule has 0 fully saturated rings. The van der Waals surface area contributed by atoms with Gasteiger partial charge in [0, 0.05) is 50.1 Å². The summed E-state index contributed by atoms with van der Waals surface area (Å²) in [6.45, 7) is 0.799. The molecule has 0 atom stereocenters. The van der Waals surface area contributed by atoms with Gasteiger partial charge in [0.1, 0.15) is 11.5 Å². The number of fused-ring (bicyclic) bond motifs is 10. The van der Waals surface area contributed by atoms with E-state index in [0.29, 0.717) is 0 Å². The molecule has 0 saturated carbocycles. The zero-order valence-corrected chi connectivity index (χ0v) is 29.7. The largest absolute Gasteiger partial charge is 0.368 e. The molecule has 5 heterocycles. The van der Waals surface area contributed by atoms with Crippen LogP contribution >= 0.6 is 0 Å². The Kier molecular flexibility index (Phi) is 6.30. The van der Waals surface area contributed by atoms with Gasteiger partial charge in [0.05, 0.1) is 44.1 Å². The third-order valence-corrected chi connectivity index (χ3v) is 11.2. The minimum atomic E-state index is 0.799. The van der Waals surface area contributed by atoms with Crippen LogP contribution in [0.2, 0.25) is 0 Å². The summed E-state index contributed by atoms with van der Waals surface area (Å²) in [6.07, 6.45) is 6.46. The number of nitrogens with one attached hydrogen (secondary N) is 1. The molecule has 1 N–H and O–H groups in total. The van der Waals surface area contributed by atoms with Gasteiger partial charge in [-0.2, -0.15) is 0 Å². The lowest BCUT2D eigenvalue weighted by molar-refractivity contribution is 0.922. The van der Waals surface area contributed by atoms with Crippen molar-refractivity contribution in [2.45, 2.75) is 0 Å². The Bertz CT molecular complexity index is 3430. The molecule has 6 nitrogen and oxygen atoms in total. The van der Waals surface area contributed by atoms with Crippen molar-refractivity contribution in [3.05, 3.63) is 176 Å². The first-order chi connectivity index (χ1) is 27.3. The number of aromatic nitrogens is 5. The maximum atomic E-state index is 5.32. The number of benzene rings is 7. The lowest BCUT2D eigenvalue weighted by Crippen LogP contribution is -2.19. The second-order valence-corrected chi connectivity index (χ2v) is 14.3. The molecule has 0 bridgehead atoms. The zero-order valence-electron chi connectivity index (χ0n) is 29.7. The third-order valence-electron chi connectivity index (χ3n) is 11.2. The highest BCUT2D eigenvalue weighted by molar-refractivity contribution is 6.20. The lowest BCUT2D eigenvalue weighted by Gasteiger charge is -2.16. The van der Waals surface area contributed by atoms with Crippen LogP contribution in [-0.2, 0) is 0 Å². The SMILES string of the molecule is C1=CCNC(n2c3ccccc3c3cc4c5ccccc5n(-c5ccc6c(c5)c5ccccc5n6-c5nc6ccccc6nc5-c5ccccc5)c4cc32)=C1. The molecule has 11 aromatic rings. The predicted molar refractivity (Wildman–Crippen MR) is 228 cm³/mol. The summed E-state index contributed by atoms with van der Waals surface area (Å²) in [5, 5.41) is 10.9. The van der Waals surface area contributed by atoms with Crippen molar-refractivity contribution in [1.82, 2.24) is 29.0 Å². The molecule has 7 aromatic carbocycles. The highest BCUT2D eigenvalue weighted by Gasteiger charge is 2.22. The number of allylic oxidation sites excluding steroid dienone is 2. The van der Waals surface area contributed by atoms with Gasteiger partial charge in [-0.3, -0.25) is 9.13 Å². The molecule has 0 radical (unpaired) electrons. The Hall–Kier alpha value is -7.44. The second-order valence-electron chi connectivity index (χ2n) is 14.3. The van der Waals surface area contributed by atoms with Crippen LogP contribution < -0.4 is 5.32 Å². The molecule has 0 saturated heterocycles. The minimum absolute atomic E-state index is 0.799. The van der Waals surface area contributed by atoms with Gasteiger partial charge in [-0.05, 0) is 66.7 Å². The fourth-order valence-corrected chi connectivity index (χ4v) is 8.84. The van der Waals surface area contributed by atoms with E-state index in [9.17, 15) is 0 Å². The quantitative estimate of drug-likeness (QED) is 0.198. The van der Waals surface area contributed by atoms with Crippen molar-refractivity contribution < 1.29 is 0 Å². The average Bonchev–Trinajstić information content (AvgIpc) is 3.88. The molecule has 1 aliphatic heterocycles. The van der Waals surface area contributed by atoms with Gasteiger partial charge < -0.3 is 9.88 Å². The molecule has 55 heavy (non-hydrogen) atoms. The average molecular weight is 705 g/mol. The minimum Gasteiger partial charge on any atom is -0.368 e. The van der Waals surface area contributed by atoms with E-state index in [1.165, 1.54) is 49.0 Å². The maximum absolute atomic E-state index is 5.32. The predicted octanol–water partition coefficient (Wildman–Crippen LogP) is 11.6. The zero-order chi connectivity index (χ0) is 36.0. The van der Waals surface area contributed by atoms with E-state index in [1.54, 1.807) is 0 Å². The summed E-state index contributed by atoms with van der Waals surface area (Å²) in [5.74, 6) is 1.90. The molecule has 12 rings (SSSR count). The van der Waals surface area contributed by atoms with E-state index in [1.807, 2.05) is 30.3 Å². The van der Waals surface area contributed by atoms with Crippen LogP contribution in [0, 0.1) is 0 Å². The van der Waals surface area contributed by atoms with E-state index in [0.717, 1.165) is 62.6 Å². The van der Waals surface area contributed by atoms with Gasteiger partial charge in [-0.1, -0.05) is 109 Å². The number of hydrogen-bond donors (Lipinski definition) is 1. The van der Waals surface area contributed by atoms with E-state index < -0.39 is 0 Å². The second kappa shape index (κ2) is 11.5. The molecule has 1 aliphatic rings. The maximum Gasteiger partial charge on any atom is 0.165 e. The smallest absolute Gasteiger partial charge is 0.165 e. The number of nitrogens with zero attached hydrogens (tertiary/aromatic N) is 5. The molecule has 0 amide bonds. The summed E-state index contributed by atoms with van der Waals surface area (Å²) in [7, 11) is 0. The van der Waals surface area contributed by atoms with Crippen molar-refractivity contribution in [3.8, 4) is 22.8 Å². The summed E-state index contributed by atoms with van der Waals surface area (Å²) >= 11 is 0. The third kappa shape index (κ3) is 4.36. The molecule has 0 unspecified atom stereocenters. The van der Waals surface area contributed by atoms with Gasteiger partial charge >= 0.3 is 0 Å². The molecule has 4 aromatic heterocycles. The molecule has 0 spiro atoms. The Morgan fingerprint density at radius 1 is 0.436 bits per heavy atom. The Labute approximate surface area is 315 Å². The number of para-hydroxylation sites is 5.